The first-order valence-electron chi connectivity index (χ1n) is 8.53. The molecule has 29 heavy (non-hydrogen) atoms. The van der Waals surface area contributed by atoms with Gasteiger partial charge in [-0.3, -0.25) is 9.59 Å². The molecule has 1 aromatic heterocycles. The summed E-state index contributed by atoms with van der Waals surface area (Å²) in [7, 11) is 0. The van der Waals surface area contributed by atoms with Gasteiger partial charge in [0.1, 0.15) is 12.4 Å². The Balaban J connectivity index is 1.99. The van der Waals surface area contributed by atoms with E-state index < -0.39 is 36.2 Å². The Hall–Kier alpha value is -3.43. The molecule has 1 heterocycles. The molecule has 6 nitrogen and oxygen atoms in total. The first kappa shape index (κ1) is 20.3. The second-order valence-electron chi connectivity index (χ2n) is 6.25. The number of imidazole rings is 1. The highest BCUT2D eigenvalue weighted by atomic mass is 19.4. The van der Waals surface area contributed by atoms with E-state index in [9.17, 15) is 27.2 Å². The summed E-state index contributed by atoms with van der Waals surface area (Å²) in [5.41, 5.74) is 5.60. The molecular weight excluding hydrogens is 392 g/mol. The quantitative estimate of drug-likeness (QED) is 0.637. The van der Waals surface area contributed by atoms with Crippen molar-refractivity contribution in [1.29, 1.82) is 0 Å². The van der Waals surface area contributed by atoms with Gasteiger partial charge in [-0.1, -0.05) is 12.1 Å². The summed E-state index contributed by atoms with van der Waals surface area (Å²) in [5, 5.41) is 0. The van der Waals surface area contributed by atoms with Crippen LogP contribution in [0, 0.1) is 5.82 Å². The summed E-state index contributed by atoms with van der Waals surface area (Å²) in [6, 6.07) is 10.7. The first-order valence-corrected chi connectivity index (χ1v) is 8.53. The third-order valence-corrected chi connectivity index (χ3v) is 4.22. The minimum Gasteiger partial charge on any atom is -0.370 e. The van der Waals surface area contributed by atoms with Crippen LogP contribution in [0.25, 0.3) is 11.0 Å². The van der Waals surface area contributed by atoms with E-state index >= 15 is 0 Å². The van der Waals surface area contributed by atoms with Crippen LogP contribution in [0.1, 0.15) is 12.2 Å². The number of nitrogens with zero attached hydrogens (tertiary/aromatic N) is 3. The Kier molecular flexibility index (Phi) is 5.53. The van der Waals surface area contributed by atoms with Gasteiger partial charge in [0, 0.05) is 18.7 Å². The second-order valence-corrected chi connectivity index (χ2v) is 6.25. The lowest BCUT2D eigenvalue weighted by Crippen LogP contribution is -2.37. The zero-order valence-corrected chi connectivity index (χ0v) is 15.0. The third-order valence-electron chi connectivity index (χ3n) is 4.22. The van der Waals surface area contributed by atoms with Crippen LogP contribution < -0.4 is 10.6 Å². The van der Waals surface area contributed by atoms with Crippen molar-refractivity contribution >= 4 is 28.5 Å². The molecule has 0 aliphatic rings. The van der Waals surface area contributed by atoms with Crippen molar-refractivity contribution in [2.24, 2.45) is 5.73 Å². The Morgan fingerprint density at radius 1 is 1.07 bits per heavy atom. The minimum absolute atomic E-state index is 0.0955. The Labute approximate surface area is 162 Å². The van der Waals surface area contributed by atoms with Crippen LogP contribution >= 0.6 is 0 Å². The highest BCUT2D eigenvalue weighted by Crippen LogP contribution is 2.31. The molecule has 2 N–H and O–H groups in total. The van der Waals surface area contributed by atoms with Crippen molar-refractivity contribution in [1.82, 2.24) is 9.55 Å². The number of carbonyl (C=O) groups excluding carboxylic acids is 2. The molecule has 0 aliphatic carbocycles. The van der Waals surface area contributed by atoms with E-state index in [-0.39, 0.29) is 29.7 Å². The molecule has 0 saturated heterocycles. The standard InChI is InChI=1S/C19H16F4N4O2/c20-12-5-7-13(8-6-12)26(10-9-16(24)28)17(29)11-27-15-4-2-1-3-14(15)25-18(27)19(21,22)23/h1-8H,9-11H2,(H2,24,28). The molecule has 10 heteroatoms. The van der Waals surface area contributed by atoms with E-state index in [2.05, 4.69) is 4.98 Å². The predicted molar refractivity (Wildman–Crippen MR) is 97.3 cm³/mol. The Morgan fingerprint density at radius 3 is 2.34 bits per heavy atom. The summed E-state index contributed by atoms with van der Waals surface area (Å²) in [6.45, 7) is -0.834. The third kappa shape index (κ3) is 4.53. The molecule has 2 amide bonds. The highest BCUT2D eigenvalue weighted by Gasteiger charge is 2.38. The molecular formula is C19H16F4N4O2. The fourth-order valence-electron chi connectivity index (χ4n) is 2.91. The molecule has 0 radical (unpaired) electrons. The van der Waals surface area contributed by atoms with Gasteiger partial charge in [-0.25, -0.2) is 9.37 Å². The monoisotopic (exact) mass is 408 g/mol. The topological polar surface area (TPSA) is 81.2 Å². The average Bonchev–Trinajstić information content (AvgIpc) is 3.02. The summed E-state index contributed by atoms with van der Waals surface area (Å²) >= 11 is 0. The molecule has 0 bridgehead atoms. The molecule has 2 aromatic carbocycles. The van der Waals surface area contributed by atoms with Gasteiger partial charge in [0.25, 0.3) is 0 Å². The van der Waals surface area contributed by atoms with E-state index in [1.165, 1.54) is 30.3 Å². The van der Waals surface area contributed by atoms with Crippen LogP contribution in [0.3, 0.4) is 0 Å². The number of hydrogen-bond acceptors (Lipinski definition) is 3. The van der Waals surface area contributed by atoms with Crippen LogP contribution in [0.15, 0.2) is 48.5 Å². The predicted octanol–water partition coefficient (Wildman–Crippen LogP) is 3.10. The second kappa shape index (κ2) is 7.90. The fraction of sp³-hybridized carbons (Fsp3) is 0.211. The summed E-state index contributed by atoms with van der Waals surface area (Å²) in [5.74, 6) is -3.17. The molecule has 0 spiro atoms. The van der Waals surface area contributed by atoms with Crippen LogP contribution in [0.4, 0.5) is 23.2 Å². The largest absolute Gasteiger partial charge is 0.449 e. The van der Waals surface area contributed by atoms with Gasteiger partial charge >= 0.3 is 6.18 Å². The molecule has 0 saturated carbocycles. The SMILES string of the molecule is NC(=O)CCN(C(=O)Cn1c(C(F)(F)F)nc2ccccc21)c1ccc(F)cc1. The average molecular weight is 408 g/mol. The summed E-state index contributed by atoms with van der Waals surface area (Å²) in [4.78, 5) is 28.7. The van der Waals surface area contributed by atoms with Gasteiger partial charge in [0.15, 0.2) is 0 Å². The molecule has 152 valence electrons. The zero-order chi connectivity index (χ0) is 21.2. The lowest BCUT2D eigenvalue weighted by Gasteiger charge is -2.23. The maximum atomic E-state index is 13.4. The van der Waals surface area contributed by atoms with Crippen molar-refractivity contribution in [3.63, 3.8) is 0 Å². The van der Waals surface area contributed by atoms with E-state index in [0.29, 0.717) is 0 Å². The van der Waals surface area contributed by atoms with Crippen molar-refractivity contribution in [2.45, 2.75) is 19.1 Å². The van der Waals surface area contributed by atoms with Gasteiger partial charge in [-0.15, -0.1) is 0 Å². The number of benzene rings is 2. The van der Waals surface area contributed by atoms with Crippen LogP contribution in [-0.2, 0) is 22.3 Å². The van der Waals surface area contributed by atoms with Gasteiger partial charge in [-0.05, 0) is 36.4 Å². The smallest absolute Gasteiger partial charge is 0.370 e. The molecule has 0 aliphatic heterocycles. The molecule has 3 aromatic rings. The van der Waals surface area contributed by atoms with Crippen molar-refractivity contribution in [3.8, 4) is 0 Å². The van der Waals surface area contributed by atoms with E-state index in [4.69, 9.17) is 5.73 Å². The first-order chi connectivity index (χ1) is 13.7. The number of aromatic nitrogens is 2. The molecule has 0 atom stereocenters. The van der Waals surface area contributed by atoms with E-state index in [0.717, 1.165) is 21.6 Å². The maximum absolute atomic E-state index is 13.4. The van der Waals surface area contributed by atoms with Crippen LogP contribution in [0.5, 0.6) is 0 Å². The van der Waals surface area contributed by atoms with Crippen molar-refractivity contribution in [2.75, 3.05) is 11.4 Å². The number of rotatable bonds is 6. The normalized spacial score (nSPS) is 11.6. The zero-order valence-electron chi connectivity index (χ0n) is 15.0. The van der Waals surface area contributed by atoms with Crippen LogP contribution in [-0.4, -0.2) is 27.9 Å². The summed E-state index contributed by atoms with van der Waals surface area (Å²) in [6.07, 6.45) is -4.98. The number of carbonyl (C=O) groups is 2. The van der Waals surface area contributed by atoms with Gasteiger partial charge in [-0.2, -0.15) is 13.2 Å². The lowest BCUT2D eigenvalue weighted by molar-refractivity contribution is -0.147. The number of hydrogen-bond donors (Lipinski definition) is 1. The number of primary amides is 1. The van der Waals surface area contributed by atoms with E-state index in [1.807, 2.05) is 0 Å². The van der Waals surface area contributed by atoms with Crippen LogP contribution in [0.2, 0.25) is 0 Å². The number of fused-ring (bicyclic) bond motifs is 1. The van der Waals surface area contributed by atoms with Gasteiger partial charge in [0.2, 0.25) is 17.6 Å². The number of alkyl halides is 3. The van der Waals surface area contributed by atoms with Crippen molar-refractivity contribution in [3.05, 3.63) is 60.2 Å². The minimum atomic E-state index is -4.77. The Bertz CT molecular complexity index is 1040. The van der Waals surface area contributed by atoms with Gasteiger partial charge in [0.05, 0.1) is 11.0 Å². The fourth-order valence-corrected chi connectivity index (χ4v) is 2.91. The number of anilines is 1. The number of nitrogens with two attached hydrogens (primary N) is 1. The molecule has 0 fully saturated rings. The number of halogens is 4. The Morgan fingerprint density at radius 2 is 1.72 bits per heavy atom. The molecule has 0 unspecified atom stereocenters. The maximum Gasteiger partial charge on any atom is 0.449 e. The van der Waals surface area contributed by atoms with E-state index in [1.54, 1.807) is 6.07 Å². The van der Waals surface area contributed by atoms with Crippen molar-refractivity contribution < 1.29 is 27.2 Å². The highest BCUT2D eigenvalue weighted by molar-refractivity contribution is 5.94. The van der Waals surface area contributed by atoms with Gasteiger partial charge < -0.3 is 15.2 Å². The number of amides is 2. The number of para-hydroxylation sites is 2. The lowest BCUT2D eigenvalue weighted by atomic mass is 10.2. The molecule has 3 rings (SSSR count). The summed E-state index contributed by atoms with van der Waals surface area (Å²) < 4.78 is 54.3.